The lowest BCUT2D eigenvalue weighted by Crippen LogP contribution is -2.51. The zero-order valence-corrected chi connectivity index (χ0v) is 16.8. The summed E-state index contributed by atoms with van der Waals surface area (Å²) in [5.74, 6) is 0. The molecule has 0 radical (unpaired) electrons. The highest BCUT2D eigenvalue weighted by atomic mass is 15.3. The molecule has 0 bridgehead atoms. The molecule has 0 amide bonds. The molecule has 1 saturated heterocycles. The summed E-state index contributed by atoms with van der Waals surface area (Å²) in [7, 11) is 0. The molecular weight excluding hydrogens is 366 g/mol. The number of hydrogen-bond acceptors (Lipinski definition) is 5. The highest BCUT2D eigenvalue weighted by Crippen LogP contribution is 2.20. The number of nitrogens with one attached hydrogen (secondary N) is 1. The van der Waals surface area contributed by atoms with Gasteiger partial charge in [-0.2, -0.15) is 0 Å². The molecule has 1 fully saturated rings. The van der Waals surface area contributed by atoms with E-state index in [2.05, 4.69) is 78.6 Å². The lowest BCUT2D eigenvalue weighted by molar-refractivity contribution is 0.0970. The summed E-state index contributed by atoms with van der Waals surface area (Å²) in [5, 5.41) is 10.6. The molecule has 0 saturated carbocycles. The second-order valence-corrected chi connectivity index (χ2v) is 7.46. The SMILES string of the molecule is CC1=CC(c2ccc(CN3CCN(C(CN=[N+]=[N-])CN=[N+]=[N-])CC3)cc2)=CNC1. The number of dihydropyridines is 1. The fraction of sp³-hybridized carbons (Fsp3) is 0.500. The number of benzene rings is 1. The second kappa shape index (κ2) is 10.5. The molecule has 0 spiro atoms. The van der Waals surface area contributed by atoms with Crippen LogP contribution in [0.15, 0.2) is 52.3 Å². The molecule has 2 aliphatic heterocycles. The van der Waals surface area contributed by atoms with Crippen LogP contribution in [0.3, 0.4) is 0 Å². The third kappa shape index (κ3) is 6.01. The van der Waals surface area contributed by atoms with Gasteiger partial charge in [0.1, 0.15) is 0 Å². The van der Waals surface area contributed by atoms with Gasteiger partial charge < -0.3 is 5.32 Å². The Morgan fingerprint density at radius 3 is 2.28 bits per heavy atom. The van der Waals surface area contributed by atoms with Gasteiger partial charge in [-0.25, -0.2) is 0 Å². The molecule has 2 heterocycles. The molecule has 9 heteroatoms. The van der Waals surface area contributed by atoms with Crippen LogP contribution in [0.5, 0.6) is 0 Å². The Kier molecular flexibility index (Phi) is 7.55. The van der Waals surface area contributed by atoms with Crippen LogP contribution in [-0.2, 0) is 6.54 Å². The van der Waals surface area contributed by atoms with Crippen molar-refractivity contribution in [3.05, 3.63) is 74.1 Å². The van der Waals surface area contributed by atoms with Crippen molar-refractivity contribution in [2.45, 2.75) is 19.5 Å². The van der Waals surface area contributed by atoms with Crippen LogP contribution >= 0.6 is 0 Å². The van der Waals surface area contributed by atoms with Crippen LogP contribution in [0.2, 0.25) is 0 Å². The maximum absolute atomic E-state index is 8.58. The van der Waals surface area contributed by atoms with Gasteiger partial charge in [-0.1, -0.05) is 46.1 Å². The third-order valence-electron chi connectivity index (χ3n) is 5.37. The normalized spacial score (nSPS) is 18.5. The van der Waals surface area contributed by atoms with Gasteiger partial charge in [0.2, 0.25) is 0 Å². The van der Waals surface area contributed by atoms with E-state index in [4.69, 9.17) is 11.1 Å². The Labute approximate surface area is 170 Å². The number of piperazine rings is 1. The topological polar surface area (TPSA) is 116 Å². The largest absolute Gasteiger partial charge is 0.387 e. The minimum absolute atomic E-state index is 0.0304. The van der Waals surface area contributed by atoms with E-state index in [-0.39, 0.29) is 6.04 Å². The smallest absolute Gasteiger partial charge is 0.0415 e. The van der Waals surface area contributed by atoms with E-state index in [9.17, 15) is 0 Å². The van der Waals surface area contributed by atoms with Crippen LogP contribution in [0.25, 0.3) is 26.5 Å². The van der Waals surface area contributed by atoms with Crippen molar-refractivity contribution in [2.24, 2.45) is 10.2 Å². The third-order valence-corrected chi connectivity index (χ3v) is 5.37. The van der Waals surface area contributed by atoms with E-state index in [1.165, 1.54) is 22.3 Å². The summed E-state index contributed by atoms with van der Waals surface area (Å²) < 4.78 is 0. The maximum Gasteiger partial charge on any atom is 0.0415 e. The van der Waals surface area contributed by atoms with Gasteiger partial charge in [0.25, 0.3) is 0 Å². The lowest BCUT2D eigenvalue weighted by Gasteiger charge is -2.38. The molecule has 0 aromatic heterocycles. The van der Waals surface area contributed by atoms with E-state index in [0.717, 1.165) is 39.3 Å². The van der Waals surface area contributed by atoms with Crippen LogP contribution < -0.4 is 5.32 Å². The number of hydrogen-bond donors (Lipinski definition) is 1. The van der Waals surface area contributed by atoms with Crippen molar-refractivity contribution in [3.63, 3.8) is 0 Å². The monoisotopic (exact) mass is 393 g/mol. The molecule has 1 N–H and O–H groups in total. The van der Waals surface area contributed by atoms with E-state index < -0.39 is 0 Å². The first-order chi connectivity index (χ1) is 14.2. The summed E-state index contributed by atoms with van der Waals surface area (Å²) in [6, 6.07) is 8.74. The van der Waals surface area contributed by atoms with Gasteiger partial charge in [-0.15, -0.1) is 0 Å². The van der Waals surface area contributed by atoms with E-state index in [0.29, 0.717) is 13.1 Å². The Morgan fingerprint density at radius 2 is 1.69 bits per heavy atom. The Balaban J connectivity index is 1.53. The Hall–Kier alpha value is -2.96. The quantitative estimate of drug-likeness (QED) is 0.412. The minimum atomic E-state index is -0.0304. The summed E-state index contributed by atoms with van der Waals surface area (Å²) in [6.45, 7) is 8.23. The maximum atomic E-state index is 8.58. The Bertz CT molecular complexity index is 817. The fourth-order valence-electron chi connectivity index (χ4n) is 3.74. The summed E-state index contributed by atoms with van der Waals surface area (Å²) in [4.78, 5) is 10.3. The standard InChI is InChI=1S/C20H27N9/c1-16-10-19(12-23-11-16)18-4-2-17(3-5-18)15-28-6-8-29(9-7-28)20(13-24-26-21)14-25-27-22/h2-5,10,12,20,23H,6-9,11,13-15H2,1H3. The van der Waals surface area contributed by atoms with Crippen LogP contribution in [-0.4, -0.2) is 61.7 Å². The number of allylic oxidation sites excluding steroid dienone is 2. The molecule has 1 aromatic carbocycles. The summed E-state index contributed by atoms with van der Waals surface area (Å²) in [6.07, 6.45) is 4.30. The molecule has 29 heavy (non-hydrogen) atoms. The molecule has 0 unspecified atom stereocenters. The second-order valence-electron chi connectivity index (χ2n) is 7.46. The van der Waals surface area contributed by atoms with Crippen LogP contribution in [0.1, 0.15) is 18.1 Å². The van der Waals surface area contributed by atoms with Crippen molar-refractivity contribution in [3.8, 4) is 0 Å². The van der Waals surface area contributed by atoms with Gasteiger partial charge in [0, 0.05) is 74.4 Å². The molecule has 0 aliphatic carbocycles. The van der Waals surface area contributed by atoms with E-state index in [1.807, 2.05) is 0 Å². The zero-order valence-electron chi connectivity index (χ0n) is 16.8. The first kappa shape index (κ1) is 20.8. The molecule has 1 aromatic rings. The van der Waals surface area contributed by atoms with Gasteiger partial charge in [-0.3, -0.25) is 9.80 Å². The molecular formula is C20H27N9. The van der Waals surface area contributed by atoms with Crippen molar-refractivity contribution >= 4 is 5.57 Å². The first-order valence-corrected chi connectivity index (χ1v) is 9.88. The molecule has 9 nitrogen and oxygen atoms in total. The first-order valence-electron chi connectivity index (χ1n) is 9.88. The van der Waals surface area contributed by atoms with E-state index >= 15 is 0 Å². The number of azide groups is 2. The lowest BCUT2D eigenvalue weighted by atomic mass is 10.0. The molecule has 2 aliphatic rings. The van der Waals surface area contributed by atoms with Crippen molar-refractivity contribution < 1.29 is 0 Å². The fourth-order valence-corrected chi connectivity index (χ4v) is 3.74. The van der Waals surface area contributed by atoms with Crippen molar-refractivity contribution in [1.29, 1.82) is 0 Å². The van der Waals surface area contributed by atoms with Crippen molar-refractivity contribution in [1.82, 2.24) is 15.1 Å². The zero-order chi connectivity index (χ0) is 20.5. The molecule has 152 valence electrons. The van der Waals surface area contributed by atoms with Gasteiger partial charge >= 0.3 is 0 Å². The predicted molar refractivity (Wildman–Crippen MR) is 115 cm³/mol. The van der Waals surface area contributed by atoms with Crippen LogP contribution in [0.4, 0.5) is 0 Å². The minimum Gasteiger partial charge on any atom is -0.387 e. The molecule has 3 rings (SSSR count). The van der Waals surface area contributed by atoms with Gasteiger partial charge in [-0.05, 0) is 34.7 Å². The Morgan fingerprint density at radius 1 is 1.03 bits per heavy atom. The van der Waals surface area contributed by atoms with Crippen LogP contribution in [0, 0.1) is 0 Å². The average Bonchev–Trinajstić information content (AvgIpc) is 2.75. The number of rotatable bonds is 8. The number of nitrogens with zero attached hydrogens (tertiary/aromatic N) is 8. The van der Waals surface area contributed by atoms with Gasteiger partial charge in [0.15, 0.2) is 0 Å². The summed E-state index contributed by atoms with van der Waals surface area (Å²) >= 11 is 0. The predicted octanol–water partition coefficient (Wildman–Crippen LogP) is 3.68. The summed E-state index contributed by atoms with van der Waals surface area (Å²) in [5.41, 5.74) is 22.2. The molecule has 0 atom stereocenters. The van der Waals surface area contributed by atoms with E-state index in [1.54, 1.807) is 0 Å². The van der Waals surface area contributed by atoms with Gasteiger partial charge in [0.05, 0.1) is 0 Å². The van der Waals surface area contributed by atoms with Crippen molar-refractivity contribution in [2.75, 3.05) is 45.8 Å². The average molecular weight is 393 g/mol. The highest BCUT2D eigenvalue weighted by Gasteiger charge is 2.23. The highest BCUT2D eigenvalue weighted by molar-refractivity contribution is 5.75.